The number of nitrogens with zero attached hydrogens (tertiary/aromatic N) is 3. The van der Waals surface area contributed by atoms with Gasteiger partial charge in [-0.25, -0.2) is 9.97 Å². The number of benzene rings is 1. The summed E-state index contributed by atoms with van der Waals surface area (Å²) >= 11 is 3.44. The minimum atomic E-state index is 0.587. The first-order valence-electron chi connectivity index (χ1n) is 6.47. The molecule has 112 valence electrons. The highest BCUT2D eigenvalue weighted by Gasteiger charge is 2.10. The summed E-state index contributed by atoms with van der Waals surface area (Å²) in [5.41, 5.74) is 2.13. The van der Waals surface area contributed by atoms with E-state index in [-0.39, 0.29) is 0 Å². The Morgan fingerprint density at radius 1 is 1.00 bits per heavy atom. The molecule has 1 aromatic carbocycles. The van der Waals surface area contributed by atoms with Gasteiger partial charge in [0.25, 0.3) is 0 Å². The zero-order chi connectivity index (χ0) is 15.5. The van der Waals surface area contributed by atoms with Crippen LogP contribution in [-0.4, -0.2) is 29.2 Å². The van der Waals surface area contributed by atoms with Crippen LogP contribution in [0.5, 0.6) is 11.5 Å². The van der Waals surface area contributed by atoms with Gasteiger partial charge in [-0.15, -0.1) is 0 Å². The number of ether oxygens (including phenoxy) is 2. The number of pyridine rings is 1. The van der Waals surface area contributed by atoms with Crippen LogP contribution in [0, 0.1) is 0 Å². The average Bonchev–Trinajstić information content (AvgIpc) is 2.56. The fraction of sp³-hybridized carbons (Fsp3) is 0.133. The number of aromatic nitrogens is 3. The van der Waals surface area contributed by atoms with Gasteiger partial charge >= 0.3 is 0 Å². The number of hydrogen-bond donors (Lipinski definition) is 1. The van der Waals surface area contributed by atoms with Crippen molar-refractivity contribution in [1.29, 1.82) is 0 Å². The molecule has 3 rings (SSSR count). The van der Waals surface area contributed by atoms with E-state index in [1.54, 1.807) is 26.6 Å². The highest BCUT2D eigenvalue weighted by atomic mass is 79.9. The molecule has 22 heavy (non-hydrogen) atoms. The summed E-state index contributed by atoms with van der Waals surface area (Å²) in [7, 11) is 3.21. The Morgan fingerprint density at radius 2 is 1.68 bits per heavy atom. The molecule has 0 aliphatic rings. The molecular weight excluding hydrogens is 348 g/mol. The minimum Gasteiger partial charge on any atom is -0.495 e. The molecule has 2 heterocycles. The molecule has 0 radical (unpaired) electrons. The van der Waals surface area contributed by atoms with Crippen molar-refractivity contribution in [3.63, 3.8) is 0 Å². The molecule has 0 atom stereocenters. The van der Waals surface area contributed by atoms with Gasteiger partial charge in [-0.2, -0.15) is 0 Å². The number of methoxy groups -OCH3 is 2. The quantitative estimate of drug-likeness (QED) is 0.767. The predicted molar refractivity (Wildman–Crippen MR) is 87.9 cm³/mol. The van der Waals surface area contributed by atoms with Crippen LogP contribution in [0.1, 0.15) is 0 Å². The maximum atomic E-state index is 5.33. The molecule has 1 N–H and O–H groups in total. The Bertz CT molecular complexity index is 800. The molecular formula is C15H13BrN4O2. The van der Waals surface area contributed by atoms with E-state index in [1.807, 2.05) is 24.3 Å². The van der Waals surface area contributed by atoms with Crippen molar-refractivity contribution in [2.24, 2.45) is 0 Å². The number of halogens is 1. The molecule has 0 saturated heterocycles. The number of hydrogen-bond acceptors (Lipinski definition) is 6. The number of anilines is 2. The summed E-state index contributed by atoms with van der Waals surface area (Å²) in [6.07, 6.45) is 3.26. The molecule has 6 nitrogen and oxygen atoms in total. The van der Waals surface area contributed by atoms with Crippen LogP contribution in [0.15, 0.2) is 41.1 Å². The molecule has 0 aliphatic heterocycles. The highest BCUT2D eigenvalue weighted by molar-refractivity contribution is 9.10. The maximum absolute atomic E-state index is 5.33. The lowest BCUT2D eigenvalue weighted by atomic mass is 10.2. The standard InChI is InChI=1S/C15H13BrN4O2/c1-21-11-7-9(8-12(22-2)14(11)16)19-13-4-3-10-15(20-13)18-6-5-17-10/h3-8H,1-2H3,(H,18,19,20). The molecule has 0 amide bonds. The summed E-state index contributed by atoms with van der Waals surface area (Å²) in [6.45, 7) is 0. The Hall–Kier alpha value is -2.41. The van der Waals surface area contributed by atoms with Crippen molar-refractivity contribution < 1.29 is 9.47 Å². The van der Waals surface area contributed by atoms with E-state index >= 15 is 0 Å². The maximum Gasteiger partial charge on any atom is 0.180 e. The van der Waals surface area contributed by atoms with Crippen molar-refractivity contribution in [3.8, 4) is 11.5 Å². The van der Waals surface area contributed by atoms with Crippen molar-refractivity contribution in [2.45, 2.75) is 0 Å². The lowest BCUT2D eigenvalue weighted by molar-refractivity contribution is 0.390. The van der Waals surface area contributed by atoms with Gasteiger partial charge in [-0.3, -0.25) is 4.98 Å². The topological polar surface area (TPSA) is 69.2 Å². The van der Waals surface area contributed by atoms with Gasteiger partial charge in [0.2, 0.25) is 0 Å². The van der Waals surface area contributed by atoms with Crippen LogP contribution in [0.25, 0.3) is 11.2 Å². The van der Waals surface area contributed by atoms with Gasteiger partial charge in [0, 0.05) is 30.2 Å². The second-order valence-corrected chi connectivity index (χ2v) is 5.21. The largest absolute Gasteiger partial charge is 0.495 e. The average molecular weight is 361 g/mol. The number of nitrogens with one attached hydrogen (secondary N) is 1. The molecule has 3 aromatic rings. The predicted octanol–water partition coefficient (Wildman–Crippen LogP) is 3.55. The molecule has 2 aromatic heterocycles. The first kappa shape index (κ1) is 14.5. The third-order valence-electron chi connectivity index (χ3n) is 3.05. The second-order valence-electron chi connectivity index (χ2n) is 4.42. The number of rotatable bonds is 4. The first-order valence-corrected chi connectivity index (χ1v) is 7.27. The van der Waals surface area contributed by atoms with E-state index in [9.17, 15) is 0 Å². The van der Waals surface area contributed by atoms with E-state index in [2.05, 4.69) is 36.2 Å². The van der Waals surface area contributed by atoms with Crippen LogP contribution in [-0.2, 0) is 0 Å². The lowest BCUT2D eigenvalue weighted by Gasteiger charge is -2.12. The Balaban J connectivity index is 1.97. The third kappa shape index (κ3) is 2.80. The Labute approximate surface area is 135 Å². The zero-order valence-electron chi connectivity index (χ0n) is 12.0. The van der Waals surface area contributed by atoms with Gasteiger partial charge in [0.15, 0.2) is 5.65 Å². The van der Waals surface area contributed by atoms with E-state index in [1.165, 1.54) is 0 Å². The fourth-order valence-electron chi connectivity index (χ4n) is 2.01. The van der Waals surface area contributed by atoms with Gasteiger partial charge in [-0.05, 0) is 28.1 Å². The van der Waals surface area contributed by atoms with Crippen LogP contribution in [0.3, 0.4) is 0 Å². The van der Waals surface area contributed by atoms with Gasteiger partial charge in [-0.1, -0.05) is 0 Å². The van der Waals surface area contributed by atoms with E-state index in [0.717, 1.165) is 15.7 Å². The zero-order valence-corrected chi connectivity index (χ0v) is 13.6. The first-order chi connectivity index (χ1) is 10.7. The number of fused-ring (bicyclic) bond motifs is 1. The van der Waals surface area contributed by atoms with Crippen LogP contribution in [0.2, 0.25) is 0 Å². The normalized spacial score (nSPS) is 10.5. The molecule has 0 spiro atoms. The van der Waals surface area contributed by atoms with Crippen molar-refractivity contribution in [3.05, 3.63) is 41.1 Å². The summed E-state index contributed by atoms with van der Waals surface area (Å²) in [5.74, 6) is 2.00. The van der Waals surface area contributed by atoms with E-state index in [0.29, 0.717) is 23.0 Å². The summed E-state index contributed by atoms with van der Waals surface area (Å²) in [4.78, 5) is 12.8. The Morgan fingerprint density at radius 3 is 2.36 bits per heavy atom. The summed E-state index contributed by atoms with van der Waals surface area (Å²) in [6, 6.07) is 7.42. The van der Waals surface area contributed by atoms with Crippen molar-refractivity contribution >= 4 is 38.6 Å². The van der Waals surface area contributed by atoms with Crippen LogP contribution < -0.4 is 14.8 Å². The molecule has 0 fully saturated rings. The van der Waals surface area contributed by atoms with Gasteiger partial charge in [0.05, 0.1) is 14.2 Å². The molecule has 0 unspecified atom stereocenters. The summed E-state index contributed by atoms with van der Waals surface area (Å²) < 4.78 is 11.4. The SMILES string of the molecule is COc1cc(Nc2ccc3nccnc3n2)cc(OC)c1Br. The molecule has 0 aliphatic carbocycles. The second kappa shape index (κ2) is 6.15. The van der Waals surface area contributed by atoms with Crippen molar-refractivity contribution in [2.75, 3.05) is 19.5 Å². The van der Waals surface area contributed by atoms with Gasteiger partial charge in [0.1, 0.15) is 27.3 Å². The minimum absolute atomic E-state index is 0.587. The highest BCUT2D eigenvalue weighted by Crippen LogP contribution is 2.38. The fourth-order valence-corrected chi connectivity index (χ4v) is 2.57. The van der Waals surface area contributed by atoms with Crippen LogP contribution in [0.4, 0.5) is 11.5 Å². The van der Waals surface area contributed by atoms with Crippen LogP contribution >= 0.6 is 15.9 Å². The summed E-state index contributed by atoms with van der Waals surface area (Å²) in [5, 5.41) is 3.21. The van der Waals surface area contributed by atoms with Gasteiger partial charge < -0.3 is 14.8 Å². The monoisotopic (exact) mass is 360 g/mol. The molecule has 7 heteroatoms. The van der Waals surface area contributed by atoms with Crippen molar-refractivity contribution in [1.82, 2.24) is 15.0 Å². The lowest BCUT2D eigenvalue weighted by Crippen LogP contribution is -1.97. The van der Waals surface area contributed by atoms with E-state index in [4.69, 9.17) is 9.47 Å². The molecule has 0 bridgehead atoms. The smallest absolute Gasteiger partial charge is 0.180 e. The third-order valence-corrected chi connectivity index (χ3v) is 3.83. The van der Waals surface area contributed by atoms with E-state index < -0.39 is 0 Å². The Kier molecular flexibility index (Phi) is 4.06. The molecule has 0 saturated carbocycles.